The first-order valence-electron chi connectivity index (χ1n) is 5.15. The third-order valence-electron chi connectivity index (χ3n) is 2.38. The van der Waals surface area contributed by atoms with Crippen LogP contribution in [0.3, 0.4) is 0 Å². The molecule has 0 bridgehead atoms. The highest BCUT2D eigenvalue weighted by Gasteiger charge is 2.19. The van der Waals surface area contributed by atoms with Crippen LogP contribution in [-0.4, -0.2) is 25.2 Å². The van der Waals surface area contributed by atoms with Crippen molar-refractivity contribution in [2.75, 3.05) is 14.2 Å². The average Bonchev–Trinajstić information content (AvgIpc) is 2.38. The molecule has 5 nitrogen and oxygen atoms in total. The minimum atomic E-state index is -2.73. The molecule has 7 heteroatoms. The van der Waals surface area contributed by atoms with Gasteiger partial charge < -0.3 is 15.2 Å². The van der Waals surface area contributed by atoms with Crippen LogP contribution >= 0.6 is 0 Å². The van der Waals surface area contributed by atoms with Gasteiger partial charge in [-0.05, 0) is 11.6 Å². The van der Waals surface area contributed by atoms with Crippen molar-refractivity contribution >= 4 is 5.97 Å². The Morgan fingerprint density at radius 1 is 1.50 bits per heavy atom. The second kappa shape index (κ2) is 6.25. The standard InChI is InChI=1S/C11H14F2N2O3/c1-17-9(16)4-7-6(5-14)3-8(10(12)13)15-11(7)18-2/h3,10H,4-5,14H2,1-2H3. The summed E-state index contributed by atoms with van der Waals surface area (Å²) < 4.78 is 34.7. The van der Waals surface area contributed by atoms with Gasteiger partial charge >= 0.3 is 5.97 Å². The average molecular weight is 260 g/mol. The highest BCUT2D eigenvalue weighted by molar-refractivity contribution is 5.73. The molecule has 0 aliphatic carbocycles. The lowest BCUT2D eigenvalue weighted by Gasteiger charge is -2.13. The molecule has 0 amide bonds. The number of hydrogen-bond donors (Lipinski definition) is 1. The number of pyridine rings is 1. The van der Waals surface area contributed by atoms with E-state index in [1.807, 2.05) is 0 Å². The van der Waals surface area contributed by atoms with E-state index in [0.717, 1.165) is 0 Å². The van der Waals surface area contributed by atoms with Gasteiger partial charge in [-0.25, -0.2) is 13.8 Å². The highest BCUT2D eigenvalue weighted by atomic mass is 19.3. The first-order valence-corrected chi connectivity index (χ1v) is 5.15. The van der Waals surface area contributed by atoms with Gasteiger partial charge in [-0.1, -0.05) is 0 Å². The minimum absolute atomic E-state index is 0.00489. The van der Waals surface area contributed by atoms with Crippen molar-refractivity contribution in [3.05, 3.63) is 22.9 Å². The lowest BCUT2D eigenvalue weighted by molar-refractivity contribution is -0.139. The summed E-state index contributed by atoms with van der Waals surface area (Å²) in [5.74, 6) is -0.548. The predicted octanol–water partition coefficient (Wildman–Crippen LogP) is 1.20. The quantitative estimate of drug-likeness (QED) is 0.805. The maximum atomic E-state index is 12.6. The first kappa shape index (κ1) is 14.3. The van der Waals surface area contributed by atoms with Crippen molar-refractivity contribution in [2.24, 2.45) is 5.73 Å². The Hall–Kier alpha value is -1.76. The summed E-state index contributed by atoms with van der Waals surface area (Å²) in [5, 5.41) is 0. The van der Waals surface area contributed by atoms with Gasteiger partial charge in [0.05, 0.1) is 20.6 Å². The zero-order valence-corrected chi connectivity index (χ0v) is 10.1. The first-order chi connectivity index (χ1) is 8.53. The monoisotopic (exact) mass is 260 g/mol. The van der Waals surface area contributed by atoms with E-state index in [-0.39, 0.29) is 18.8 Å². The molecule has 0 unspecified atom stereocenters. The molecular weight excluding hydrogens is 246 g/mol. The molecule has 0 aliphatic heterocycles. The summed E-state index contributed by atoms with van der Waals surface area (Å²) in [6, 6.07) is 1.17. The number of carbonyl (C=O) groups is 1. The number of halogens is 2. The number of hydrogen-bond acceptors (Lipinski definition) is 5. The fourth-order valence-electron chi connectivity index (χ4n) is 1.49. The molecule has 0 saturated carbocycles. The summed E-state index contributed by atoms with van der Waals surface area (Å²) >= 11 is 0. The molecular formula is C11H14F2N2O3. The summed E-state index contributed by atoms with van der Waals surface area (Å²) in [6.45, 7) is 0.00489. The summed E-state index contributed by atoms with van der Waals surface area (Å²) in [7, 11) is 2.52. The molecule has 1 heterocycles. The number of alkyl halides is 2. The van der Waals surface area contributed by atoms with E-state index in [4.69, 9.17) is 10.5 Å². The second-order valence-corrected chi connectivity index (χ2v) is 3.45. The van der Waals surface area contributed by atoms with Crippen LogP contribution in [0.5, 0.6) is 5.88 Å². The van der Waals surface area contributed by atoms with Gasteiger partial charge in [0, 0.05) is 12.1 Å². The molecule has 2 N–H and O–H groups in total. The second-order valence-electron chi connectivity index (χ2n) is 3.45. The largest absolute Gasteiger partial charge is 0.481 e. The van der Waals surface area contributed by atoms with Crippen molar-refractivity contribution in [3.63, 3.8) is 0 Å². The molecule has 0 fully saturated rings. The maximum Gasteiger partial charge on any atom is 0.310 e. The molecule has 1 aromatic rings. The zero-order valence-electron chi connectivity index (χ0n) is 10.1. The van der Waals surface area contributed by atoms with Gasteiger partial charge in [0.1, 0.15) is 5.69 Å². The van der Waals surface area contributed by atoms with Gasteiger partial charge in [-0.15, -0.1) is 0 Å². The molecule has 18 heavy (non-hydrogen) atoms. The lowest BCUT2D eigenvalue weighted by atomic mass is 10.1. The van der Waals surface area contributed by atoms with Crippen LogP contribution in [0.15, 0.2) is 6.07 Å². The molecule has 0 atom stereocenters. The molecule has 100 valence electrons. The summed E-state index contributed by atoms with van der Waals surface area (Å²) in [6.07, 6.45) is -2.85. The van der Waals surface area contributed by atoms with Crippen LogP contribution in [0.25, 0.3) is 0 Å². The molecule has 0 spiro atoms. The van der Waals surface area contributed by atoms with Crippen molar-refractivity contribution in [3.8, 4) is 5.88 Å². The minimum Gasteiger partial charge on any atom is -0.481 e. The van der Waals surface area contributed by atoms with Crippen molar-refractivity contribution in [1.82, 2.24) is 4.98 Å². The van der Waals surface area contributed by atoms with Crippen LogP contribution in [-0.2, 0) is 22.5 Å². The van der Waals surface area contributed by atoms with Gasteiger partial charge in [-0.3, -0.25) is 4.79 Å². The number of nitrogens with zero attached hydrogens (tertiary/aromatic N) is 1. The molecule has 0 saturated heterocycles. The zero-order chi connectivity index (χ0) is 13.7. The van der Waals surface area contributed by atoms with Crippen molar-refractivity contribution in [2.45, 2.75) is 19.4 Å². The molecule has 0 aliphatic rings. The van der Waals surface area contributed by atoms with E-state index >= 15 is 0 Å². The van der Waals surface area contributed by atoms with Gasteiger partial charge in [-0.2, -0.15) is 0 Å². The lowest BCUT2D eigenvalue weighted by Crippen LogP contribution is -2.13. The van der Waals surface area contributed by atoms with Crippen molar-refractivity contribution in [1.29, 1.82) is 0 Å². The van der Waals surface area contributed by atoms with Crippen LogP contribution < -0.4 is 10.5 Å². The number of aromatic nitrogens is 1. The Morgan fingerprint density at radius 2 is 2.17 bits per heavy atom. The van der Waals surface area contributed by atoms with E-state index in [0.29, 0.717) is 11.1 Å². The Labute approximate surface area is 103 Å². The topological polar surface area (TPSA) is 74.4 Å². The van der Waals surface area contributed by atoms with Crippen LogP contribution in [0.1, 0.15) is 23.2 Å². The Bertz CT molecular complexity index is 413. The predicted molar refractivity (Wildman–Crippen MR) is 59.4 cm³/mol. The molecule has 0 radical (unpaired) electrons. The number of methoxy groups -OCH3 is 2. The Morgan fingerprint density at radius 3 is 2.61 bits per heavy atom. The maximum absolute atomic E-state index is 12.6. The Kier molecular flexibility index (Phi) is 4.96. The van der Waals surface area contributed by atoms with E-state index in [1.54, 1.807) is 0 Å². The van der Waals surface area contributed by atoms with Crippen molar-refractivity contribution < 1.29 is 23.0 Å². The van der Waals surface area contributed by atoms with E-state index in [9.17, 15) is 13.6 Å². The smallest absolute Gasteiger partial charge is 0.310 e. The van der Waals surface area contributed by atoms with E-state index in [1.165, 1.54) is 20.3 Å². The third kappa shape index (κ3) is 3.13. The molecule has 0 aromatic carbocycles. The fraction of sp³-hybridized carbons (Fsp3) is 0.455. The van der Waals surface area contributed by atoms with Gasteiger partial charge in [0.2, 0.25) is 5.88 Å². The number of nitrogens with two attached hydrogens (primary N) is 1. The molecule has 1 rings (SSSR count). The summed E-state index contributed by atoms with van der Waals surface area (Å²) in [4.78, 5) is 14.9. The fourth-order valence-corrected chi connectivity index (χ4v) is 1.49. The number of esters is 1. The summed E-state index contributed by atoms with van der Waals surface area (Å²) in [5.41, 5.74) is 5.81. The number of rotatable bonds is 5. The highest BCUT2D eigenvalue weighted by Crippen LogP contribution is 2.26. The number of ether oxygens (including phenoxy) is 2. The van der Waals surface area contributed by atoms with E-state index < -0.39 is 18.1 Å². The van der Waals surface area contributed by atoms with Gasteiger partial charge in [0.15, 0.2) is 0 Å². The molecule has 1 aromatic heterocycles. The Balaban J connectivity index is 3.25. The van der Waals surface area contributed by atoms with Crippen LogP contribution in [0.4, 0.5) is 8.78 Å². The normalized spacial score (nSPS) is 10.6. The third-order valence-corrected chi connectivity index (χ3v) is 2.38. The number of carbonyl (C=O) groups excluding carboxylic acids is 1. The SMILES string of the molecule is COC(=O)Cc1c(CN)cc(C(F)F)nc1OC. The van der Waals surface area contributed by atoms with Crippen LogP contribution in [0, 0.1) is 0 Å². The van der Waals surface area contributed by atoms with E-state index in [2.05, 4.69) is 9.72 Å². The van der Waals surface area contributed by atoms with Gasteiger partial charge in [0.25, 0.3) is 6.43 Å². The van der Waals surface area contributed by atoms with Crippen LogP contribution in [0.2, 0.25) is 0 Å².